The van der Waals surface area contributed by atoms with Gasteiger partial charge in [-0.25, -0.2) is 8.91 Å². The number of alkyl halides is 1. The highest BCUT2D eigenvalue weighted by Gasteiger charge is 2.28. The molecule has 0 radical (unpaired) electrons. The third kappa shape index (κ3) is 6.23. The van der Waals surface area contributed by atoms with Crippen LogP contribution in [0.25, 0.3) is 16.9 Å². The lowest BCUT2D eigenvalue weighted by molar-refractivity contribution is -0.00177. The zero-order valence-corrected chi connectivity index (χ0v) is 23.5. The highest BCUT2D eigenvalue weighted by molar-refractivity contribution is 6.00. The van der Waals surface area contributed by atoms with Gasteiger partial charge in [0, 0.05) is 25.0 Å². The first kappa shape index (κ1) is 28.2. The molecule has 1 amide bonds. The van der Waals surface area contributed by atoms with E-state index < -0.39 is 17.7 Å². The Morgan fingerprint density at radius 3 is 2.66 bits per heavy atom. The fourth-order valence-corrected chi connectivity index (χ4v) is 5.23. The molecule has 1 fully saturated rings. The highest BCUT2D eigenvalue weighted by Crippen LogP contribution is 2.35. The fraction of sp³-hybridized carbons (Fsp3) is 0.433. The molecule has 0 bridgehead atoms. The summed E-state index contributed by atoms with van der Waals surface area (Å²) in [6.45, 7) is 5.33. The number of nitriles is 1. The van der Waals surface area contributed by atoms with Gasteiger partial charge in [-0.15, -0.1) is 0 Å². The smallest absolute Gasteiger partial charge is 0.255 e. The van der Waals surface area contributed by atoms with Crippen molar-refractivity contribution in [3.05, 3.63) is 65.7 Å². The monoisotopic (exact) mass is 558 g/mol. The fourth-order valence-electron chi connectivity index (χ4n) is 5.23. The Morgan fingerprint density at radius 2 is 1.98 bits per heavy atom. The third-order valence-corrected chi connectivity index (χ3v) is 7.78. The van der Waals surface area contributed by atoms with Crippen molar-refractivity contribution in [1.29, 1.82) is 5.26 Å². The van der Waals surface area contributed by atoms with Crippen LogP contribution in [0.15, 0.2) is 49.1 Å². The van der Waals surface area contributed by atoms with E-state index >= 15 is 0 Å². The zero-order valence-electron chi connectivity index (χ0n) is 23.5. The summed E-state index contributed by atoms with van der Waals surface area (Å²) in [6, 6.07) is 9.53. The van der Waals surface area contributed by atoms with Crippen LogP contribution in [-0.4, -0.2) is 59.8 Å². The van der Waals surface area contributed by atoms with E-state index in [9.17, 15) is 19.6 Å². The van der Waals surface area contributed by atoms with Crippen molar-refractivity contribution in [3.63, 3.8) is 0 Å². The number of aliphatic hydroxyl groups is 1. The van der Waals surface area contributed by atoms with Gasteiger partial charge in [0.05, 0.1) is 58.3 Å². The predicted octanol–water partition coefficient (Wildman–Crippen LogP) is 4.46. The van der Waals surface area contributed by atoms with E-state index in [1.54, 1.807) is 10.6 Å². The van der Waals surface area contributed by atoms with Gasteiger partial charge >= 0.3 is 0 Å². The molecule has 3 N–H and O–H groups in total. The number of halogens is 1. The van der Waals surface area contributed by atoms with Crippen LogP contribution in [0.4, 0.5) is 10.1 Å². The van der Waals surface area contributed by atoms with Crippen LogP contribution in [0.3, 0.4) is 0 Å². The van der Waals surface area contributed by atoms with Gasteiger partial charge in [0.25, 0.3) is 5.91 Å². The van der Waals surface area contributed by atoms with Crippen molar-refractivity contribution >= 4 is 17.1 Å². The molecule has 1 atom stereocenters. The van der Waals surface area contributed by atoms with E-state index in [1.807, 2.05) is 29.1 Å². The number of amides is 1. The molecule has 0 spiro atoms. The number of aryl methyl sites for hydroxylation is 1. The van der Waals surface area contributed by atoms with Crippen LogP contribution in [0.2, 0.25) is 0 Å². The lowest BCUT2D eigenvalue weighted by atomic mass is 9.83. The quantitative estimate of drug-likeness (QED) is 0.276. The first-order chi connectivity index (χ1) is 19.7. The van der Waals surface area contributed by atoms with Crippen LogP contribution >= 0.6 is 0 Å². The predicted molar refractivity (Wildman–Crippen MR) is 153 cm³/mol. The maximum Gasteiger partial charge on any atom is 0.255 e. The number of hydrogen-bond acceptors (Lipinski definition) is 7. The van der Waals surface area contributed by atoms with Gasteiger partial charge in [-0.1, -0.05) is 0 Å². The maximum absolute atomic E-state index is 14.4. The minimum absolute atomic E-state index is 0.139. The van der Waals surface area contributed by atoms with Gasteiger partial charge in [0.2, 0.25) is 0 Å². The molecule has 0 saturated heterocycles. The summed E-state index contributed by atoms with van der Waals surface area (Å²) in [7, 11) is 0. The summed E-state index contributed by atoms with van der Waals surface area (Å²) < 4.78 is 18.0. The molecule has 1 saturated carbocycles. The molecular formula is C30H35FN8O2. The van der Waals surface area contributed by atoms with Crippen molar-refractivity contribution < 1.29 is 14.3 Å². The van der Waals surface area contributed by atoms with E-state index in [2.05, 4.69) is 45.0 Å². The molecule has 0 unspecified atom stereocenters. The molecule has 41 heavy (non-hydrogen) atoms. The Labute approximate surface area is 238 Å². The number of carbonyl (C=O) groups excluding carboxylic acids is 1. The molecule has 5 rings (SSSR count). The normalized spacial score (nSPS) is 18.1. The molecule has 0 aromatic carbocycles. The molecular weight excluding hydrogens is 523 g/mol. The Kier molecular flexibility index (Phi) is 8.03. The summed E-state index contributed by atoms with van der Waals surface area (Å²) >= 11 is 0. The number of rotatable bonds is 9. The van der Waals surface area contributed by atoms with Crippen LogP contribution in [-0.2, 0) is 6.54 Å². The van der Waals surface area contributed by atoms with Gasteiger partial charge in [0.1, 0.15) is 12.2 Å². The molecule has 10 nitrogen and oxygen atoms in total. The molecule has 4 heterocycles. The second kappa shape index (κ2) is 11.7. The number of aromatic nitrogens is 5. The lowest BCUT2D eigenvalue weighted by Crippen LogP contribution is -2.42. The SMILES string of the molecule is CCn1cc([C@H]2CC[C@H](Nc3cc(-c4ccc5cc(C#N)cnn45)ncc3C(=O)NC[C@@H](F)C(C)(C)O)CC2)cn1. The zero-order chi connectivity index (χ0) is 29.1. The minimum atomic E-state index is -1.63. The molecule has 1 aliphatic rings. The van der Waals surface area contributed by atoms with E-state index in [-0.39, 0.29) is 12.6 Å². The average Bonchev–Trinajstić information content (AvgIpc) is 3.62. The Hall–Kier alpha value is -4.30. The van der Waals surface area contributed by atoms with Crippen LogP contribution in [0, 0.1) is 11.3 Å². The largest absolute Gasteiger partial charge is 0.387 e. The number of anilines is 1. The van der Waals surface area contributed by atoms with Crippen LogP contribution in [0.1, 0.15) is 73.9 Å². The standard InChI is InChI=1S/C30H35FN8O2/c1-4-38-18-21(15-35-38)20-5-7-22(8-6-20)37-25-12-26(27-10-9-23-11-19(13-32)14-36-39(23)27)33-16-24(25)29(40)34-17-28(31)30(2,3)41/h9-12,14-16,18,20,22,28,41H,4-8,17H2,1-3H3,(H,33,37)(H,34,40)/t20-,22-,28-/m1/s1. The molecule has 4 aromatic heterocycles. The number of fused-ring (bicyclic) bond motifs is 1. The van der Waals surface area contributed by atoms with Gasteiger partial charge < -0.3 is 15.7 Å². The van der Waals surface area contributed by atoms with Crippen LogP contribution < -0.4 is 10.6 Å². The Balaban J connectivity index is 1.39. The van der Waals surface area contributed by atoms with Crippen LogP contribution in [0.5, 0.6) is 0 Å². The van der Waals surface area contributed by atoms with Crippen molar-refractivity contribution in [2.45, 2.75) is 76.7 Å². The maximum atomic E-state index is 14.4. The molecule has 11 heteroatoms. The summed E-state index contributed by atoms with van der Waals surface area (Å²) in [5.41, 5.74) is 3.10. The first-order valence-electron chi connectivity index (χ1n) is 14.0. The molecule has 1 aliphatic carbocycles. The van der Waals surface area contributed by atoms with Crippen molar-refractivity contribution in [3.8, 4) is 17.5 Å². The number of nitrogens with one attached hydrogen (secondary N) is 2. The highest BCUT2D eigenvalue weighted by atomic mass is 19.1. The molecule has 0 aliphatic heterocycles. The van der Waals surface area contributed by atoms with Gasteiger partial charge in [-0.3, -0.25) is 14.5 Å². The average molecular weight is 559 g/mol. The first-order valence-corrected chi connectivity index (χ1v) is 14.0. The Morgan fingerprint density at radius 1 is 1.20 bits per heavy atom. The number of hydrogen-bond donors (Lipinski definition) is 3. The van der Waals surface area contributed by atoms with Gasteiger partial charge in [0.15, 0.2) is 0 Å². The summed E-state index contributed by atoms with van der Waals surface area (Å²) in [6.07, 6.45) is 9.26. The Bertz CT molecular complexity index is 1570. The topological polar surface area (TPSA) is 133 Å². The summed E-state index contributed by atoms with van der Waals surface area (Å²) in [5.74, 6) is -0.0279. The van der Waals surface area contributed by atoms with Crippen molar-refractivity contribution in [2.75, 3.05) is 11.9 Å². The number of carbonyl (C=O) groups is 1. The minimum Gasteiger partial charge on any atom is -0.387 e. The number of nitrogens with zero attached hydrogens (tertiary/aromatic N) is 6. The number of pyridine rings is 1. The third-order valence-electron chi connectivity index (χ3n) is 7.78. The van der Waals surface area contributed by atoms with E-state index in [4.69, 9.17) is 0 Å². The molecule has 4 aromatic rings. The van der Waals surface area contributed by atoms with E-state index in [0.29, 0.717) is 34.1 Å². The second-order valence-corrected chi connectivity index (χ2v) is 11.2. The van der Waals surface area contributed by atoms with E-state index in [0.717, 1.165) is 37.7 Å². The second-order valence-electron chi connectivity index (χ2n) is 11.2. The molecule has 214 valence electrons. The summed E-state index contributed by atoms with van der Waals surface area (Å²) in [5, 5.41) is 34.1. The van der Waals surface area contributed by atoms with Crippen molar-refractivity contribution in [1.82, 2.24) is 29.7 Å². The van der Waals surface area contributed by atoms with E-state index in [1.165, 1.54) is 31.8 Å². The van der Waals surface area contributed by atoms with Gasteiger partial charge in [-0.2, -0.15) is 15.5 Å². The lowest BCUT2D eigenvalue weighted by Gasteiger charge is -2.30. The summed E-state index contributed by atoms with van der Waals surface area (Å²) in [4.78, 5) is 17.7. The van der Waals surface area contributed by atoms with Crippen molar-refractivity contribution in [2.24, 2.45) is 0 Å². The van der Waals surface area contributed by atoms with Gasteiger partial charge in [-0.05, 0) is 82.2 Å².